The van der Waals surface area contributed by atoms with Crippen LogP contribution in [-0.4, -0.2) is 21.1 Å². The lowest BCUT2D eigenvalue weighted by atomic mass is 10.0. The van der Waals surface area contributed by atoms with Gasteiger partial charge in [0.05, 0.1) is 17.3 Å². The van der Waals surface area contributed by atoms with Gasteiger partial charge in [0.25, 0.3) is 6.43 Å². The molecule has 0 radical (unpaired) electrons. The van der Waals surface area contributed by atoms with Crippen molar-refractivity contribution in [2.24, 2.45) is 0 Å². The molecule has 4 nitrogen and oxygen atoms in total. The van der Waals surface area contributed by atoms with Crippen LogP contribution in [0.2, 0.25) is 0 Å². The van der Waals surface area contributed by atoms with Crippen molar-refractivity contribution in [2.75, 3.05) is 0 Å². The van der Waals surface area contributed by atoms with Gasteiger partial charge in [-0.15, -0.1) is 0 Å². The quantitative estimate of drug-likeness (QED) is 0.452. The third-order valence-corrected chi connectivity index (χ3v) is 4.99. The number of rotatable bonds is 5. The number of fused-ring (bicyclic) bond motifs is 1. The molecule has 0 spiro atoms. The van der Waals surface area contributed by atoms with E-state index < -0.39 is 23.8 Å². The molecule has 1 atom stereocenters. The maximum absolute atomic E-state index is 13.6. The van der Waals surface area contributed by atoms with Crippen molar-refractivity contribution in [1.29, 1.82) is 0 Å². The molecule has 0 saturated heterocycles. The number of thiophene rings is 1. The van der Waals surface area contributed by atoms with Crippen molar-refractivity contribution in [3.05, 3.63) is 70.4 Å². The molecule has 0 aliphatic heterocycles. The van der Waals surface area contributed by atoms with Crippen molar-refractivity contribution in [3.8, 4) is 11.1 Å². The number of carbonyl (C=O) groups excluding carboxylic acids is 1. The van der Waals surface area contributed by atoms with Crippen molar-refractivity contribution in [2.45, 2.75) is 12.5 Å². The second kappa shape index (κ2) is 6.96. The van der Waals surface area contributed by atoms with Crippen LogP contribution in [0, 0.1) is 5.82 Å². The van der Waals surface area contributed by atoms with Gasteiger partial charge in [0.2, 0.25) is 0 Å². The third kappa shape index (κ3) is 3.12. The molecule has 4 rings (SSSR count). The number of hydrogen-bond donors (Lipinski definition) is 0. The summed E-state index contributed by atoms with van der Waals surface area (Å²) >= 11 is 1.47. The third-order valence-electron chi connectivity index (χ3n) is 4.29. The number of nitrogens with zero attached hydrogens (tertiary/aromatic N) is 3. The van der Waals surface area contributed by atoms with Gasteiger partial charge in [-0.05, 0) is 46.2 Å². The van der Waals surface area contributed by atoms with Crippen LogP contribution < -0.4 is 0 Å². The Hall–Kier alpha value is -3.00. The lowest BCUT2D eigenvalue weighted by Crippen LogP contribution is -2.12. The maximum Gasteiger partial charge on any atom is 0.266 e. The first-order valence-corrected chi connectivity index (χ1v) is 8.91. The largest absolute Gasteiger partial charge is 0.301 e. The molecule has 3 aromatic heterocycles. The molecule has 0 N–H and O–H groups in total. The highest BCUT2D eigenvalue weighted by Gasteiger charge is 2.19. The molecule has 4 aromatic rings. The number of alkyl halides is 2. The molecule has 0 unspecified atom stereocenters. The van der Waals surface area contributed by atoms with Crippen molar-refractivity contribution in [1.82, 2.24) is 14.8 Å². The normalized spacial score (nSPS) is 12.6. The summed E-state index contributed by atoms with van der Waals surface area (Å²) in [6, 6.07) is 6.47. The van der Waals surface area contributed by atoms with Gasteiger partial charge in [0.1, 0.15) is 23.7 Å². The predicted octanol–water partition coefficient (Wildman–Crippen LogP) is 5.02. The summed E-state index contributed by atoms with van der Waals surface area (Å²) in [6.45, 7) is 0. The Morgan fingerprint density at radius 3 is 2.67 bits per heavy atom. The second-order valence-electron chi connectivity index (χ2n) is 5.89. The van der Waals surface area contributed by atoms with Crippen LogP contribution in [0.15, 0.2) is 53.5 Å². The van der Waals surface area contributed by atoms with Crippen molar-refractivity contribution < 1.29 is 18.0 Å². The maximum atomic E-state index is 13.6. The summed E-state index contributed by atoms with van der Waals surface area (Å²) in [5.41, 5.74) is 2.22. The Balaban J connectivity index is 1.83. The SMILES string of the molecule is O=C[C@H](c1ccsc1)n1ncc2ncc(-c3ccc(F)c(C(F)F)c3)cc21. The molecule has 0 amide bonds. The van der Waals surface area contributed by atoms with E-state index in [1.807, 2.05) is 16.8 Å². The van der Waals surface area contributed by atoms with E-state index in [9.17, 15) is 18.0 Å². The smallest absolute Gasteiger partial charge is 0.266 e. The number of carbonyl (C=O) groups is 1. The van der Waals surface area contributed by atoms with Crippen LogP contribution in [0.1, 0.15) is 23.6 Å². The molecule has 27 heavy (non-hydrogen) atoms. The molecule has 0 fully saturated rings. The summed E-state index contributed by atoms with van der Waals surface area (Å²) in [4.78, 5) is 16.0. The number of aromatic nitrogens is 3. The van der Waals surface area contributed by atoms with Crippen molar-refractivity contribution in [3.63, 3.8) is 0 Å². The Labute approximate surface area is 155 Å². The topological polar surface area (TPSA) is 47.8 Å². The van der Waals surface area contributed by atoms with Gasteiger partial charge in [-0.3, -0.25) is 4.98 Å². The van der Waals surface area contributed by atoms with Crippen LogP contribution >= 0.6 is 11.3 Å². The minimum Gasteiger partial charge on any atom is -0.301 e. The highest BCUT2D eigenvalue weighted by molar-refractivity contribution is 7.08. The zero-order chi connectivity index (χ0) is 19.0. The van der Waals surface area contributed by atoms with E-state index in [-0.39, 0.29) is 0 Å². The first-order chi connectivity index (χ1) is 13.1. The fourth-order valence-corrected chi connectivity index (χ4v) is 3.61. The number of pyridine rings is 1. The average Bonchev–Trinajstić information content (AvgIpc) is 3.33. The predicted molar refractivity (Wildman–Crippen MR) is 96.4 cm³/mol. The molecule has 0 aliphatic carbocycles. The first kappa shape index (κ1) is 17.4. The average molecular weight is 387 g/mol. The summed E-state index contributed by atoms with van der Waals surface area (Å²) in [5.74, 6) is -0.952. The van der Waals surface area contributed by atoms with Crippen LogP contribution in [0.5, 0.6) is 0 Å². The molecule has 3 heterocycles. The summed E-state index contributed by atoms with van der Waals surface area (Å²) in [6.07, 6.45) is 0.924. The second-order valence-corrected chi connectivity index (χ2v) is 6.67. The Morgan fingerprint density at radius 2 is 1.96 bits per heavy atom. The Kier molecular flexibility index (Phi) is 4.49. The van der Waals surface area contributed by atoms with Gasteiger partial charge in [-0.1, -0.05) is 6.07 Å². The van der Waals surface area contributed by atoms with Gasteiger partial charge in [-0.2, -0.15) is 16.4 Å². The van der Waals surface area contributed by atoms with Crippen molar-refractivity contribution >= 4 is 28.7 Å². The molecular formula is C19H12F3N3OS. The summed E-state index contributed by atoms with van der Waals surface area (Å²) in [7, 11) is 0. The fourth-order valence-electron chi connectivity index (χ4n) is 2.92. The zero-order valence-corrected chi connectivity index (χ0v) is 14.5. The molecule has 1 aromatic carbocycles. The van der Waals surface area contributed by atoms with E-state index in [4.69, 9.17) is 0 Å². The minimum absolute atomic E-state index is 0.409. The molecule has 0 aliphatic rings. The Bertz CT molecular complexity index is 1110. The summed E-state index contributed by atoms with van der Waals surface area (Å²) in [5, 5.41) is 7.99. The monoisotopic (exact) mass is 387 g/mol. The number of halogens is 3. The summed E-state index contributed by atoms with van der Waals surface area (Å²) < 4.78 is 41.1. The molecular weight excluding hydrogens is 375 g/mol. The van der Waals surface area contributed by atoms with Crippen LogP contribution in [0.25, 0.3) is 22.2 Å². The zero-order valence-electron chi connectivity index (χ0n) is 13.7. The number of hydrogen-bond acceptors (Lipinski definition) is 4. The van der Waals surface area contributed by atoms with E-state index in [0.29, 0.717) is 22.2 Å². The van der Waals surface area contributed by atoms with E-state index in [1.54, 1.807) is 10.7 Å². The highest BCUT2D eigenvalue weighted by atomic mass is 32.1. The minimum atomic E-state index is -2.91. The van der Waals surface area contributed by atoms with Crippen LogP contribution in [-0.2, 0) is 4.79 Å². The Morgan fingerprint density at radius 1 is 1.11 bits per heavy atom. The molecule has 0 saturated carbocycles. The highest BCUT2D eigenvalue weighted by Crippen LogP contribution is 2.30. The molecule has 0 bridgehead atoms. The van der Waals surface area contributed by atoms with Crippen LogP contribution in [0.3, 0.4) is 0 Å². The lowest BCUT2D eigenvalue weighted by Gasteiger charge is -2.12. The van der Waals surface area contributed by atoms with Gasteiger partial charge >= 0.3 is 0 Å². The lowest BCUT2D eigenvalue weighted by molar-refractivity contribution is -0.109. The van der Waals surface area contributed by atoms with Gasteiger partial charge < -0.3 is 4.79 Å². The van der Waals surface area contributed by atoms with Gasteiger partial charge in [-0.25, -0.2) is 17.9 Å². The van der Waals surface area contributed by atoms with E-state index in [1.165, 1.54) is 29.8 Å². The van der Waals surface area contributed by atoms with Crippen LogP contribution in [0.4, 0.5) is 13.2 Å². The van der Waals surface area contributed by atoms with Gasteiger partial charge in [0, 0.05) is 11.8 Å². The number of benzene rings is 1. The fraction of sp³-hybridized carbons (Fsp3) is 0.105. The van der Waals surface area contributed by atoms with E-state index >= 15 is 0 Å². The van der Waals surface area contributed by atoms with Gasteiger partial charge in [0.15, 0.2) is 0 Å². The van der Waals surface area contributed by atoms with E-state index in [0.717, 1.165) is 24.0 Å². The van der Waals surface area contributed by atoms with E-state index in [2.05, 4.69) is 10.1 Å². The standard InChI is InChI=1S/C19H12F3N3OS/c20-15-2-1-11(5-14(15)19(21)22)13-6-17-16(23-7-13)8-24-25(17)18(9-26)12-3-4-27-10-12/h1-10,18-19H/t18-/m1/s1. The first-order valence-electron chi connectivity index (χ1n) is 7.97. The number of aldehydes is 1. The molecule has 136 valence electrons. The molecule has 8 heteroatoms.